The van der Waals surface area contributed by atoms with Crippen LogP contribution < -0.4 is 19.5 Å². The van der Waals surface area contributed by atoms with Crippen LogP contribution in [0.1, 0.15) is 27.5 Å². The average Bonchev–Trinajstić information content (AvgIpc) is 3.00. The van der Waals surface area contributed by atoms with Crippen LogP contribution in [-0.4, -0.2) is 32.2 Å². The van der Waals surface area contributed by atoms with E-state index in [0.29, 0.717) is 40.4 Å². The van der Waals surface area contributed by atoms with Gasteiger partial charge in [-0.15, -0.1) is 0 Å². The predicted molar refractivity (Wildman–Crippen MR) is 154 cm³/mol. The quantitative estimate of drug-likeness (QED) is 0.237. The normalized spacial score (nSPS) is 11.6. The van der Waals surface area contributed by atoms with E-state index in [9.17, 15) is 4.79 Å². The lowest BCUT2D eigenvalue weighted by molar-refractivity contribution is 0.0938. The summed E-state index contributed by atoms with van der Waals surface area (Å²) in [5, 5.41) is 4.07. The number of carbonyl (C=O) groups excluding carboxylic acids is 1. The highest BCUT2D eigenvalue weighted by Crippen LogP contribution is 2.41. The van der Waals surface area contributed by atoms with Crippen LogP contribution in [0.25, 0.3) is 22.2 Å². The van der Waals surface area contributed by atoms with Gasteiger partial charge < -0.3 is 19.5 Å². The molecule has 1 heterocycles. The van der Waals surface area contributed by atoms with E-state index in [0.717, 1.165) is 22.1 Å². The molecule has 0 aliphatic rings. The van der Waals surface area contributed by atoms with E-state index in [4.69, 9.17) is 19.2 Å². The Kier molecular flexibility index (Phi) is 7.73. The highest BCUT2D eigenvalue weighted by Gasteiger charge is 2.21. The first-order chi connectivity index (χ1) is 19.1. The van der Waals surface area contributed by atoms with Gasteiger partial charge in [-0.05, 0) is 41.8 Å². The molecular formula is C33H30N2O4. The molecule has 5 aromatic rings. The Morgan fingerprint density at radius 1 is 0.769 bits per heavy atom. The molecule has 0 spiro atoms. The maximum atomic E-state index is 14.0. The topological polar surface area (TPSA) is 69.7 Å². The summed E-state index contributed by atoms with van der Waals surface area (Å²) in [7, 11) is 4.71. The smallest absolute Gasteiger partial charge is 0.252 e. The number of para-hydroxylation sites is 1. The molecule has 196 valence electrons. The first-order valence-electron chi connectivity index (χ1n) is 12.7. The van der Waals surface area contributed by atoms with Crippen molar-refractivity contribution in [1.29, 1.82) is 0 Å². The number of hydrogen-bond acceptors (Lipinski definition) is 5. The molecule has 0 saturated heterocycles. The fraction of sp³-hybridized carbons (Fsp3) is 0.152. The number of rotatable bonds is 9. The predicted octanol–water partition coefficient (Wildman–Crippen LogP) is 6.64. The summed E-state index contributed by atoms with van der Waals surface area (Å²) in [5.74, 6) is 1.35. The Morgan fingerprint density at radius 3 is 2.03 bits per heavy atom. The number of aromatic nitrogens is 1. The van der Waals surface area contributed by atoms with Crippen LogP contribution in [0.2, 0.25) is 0 Å². The second-order valence-electron chi connectivity index (χ2n) is 9.11. The van der Waals surface area contributed by atoms with Crippen molar-refractivity contribution in [3.8, 4) is 28.5 Å². The van der Waals surface area contributed by atoms with Gasteiger partial charge >= 0.3 is 0 Å². The molecule has 0 bridgehead atoms. The first kappa shape index (κ1) is 25.8. The average molecular weight is 519 g/mol. The highest BCUT2D eigenvalue weighted by atomic mass is 16.5. The maximum absolute atomic E-state index is 14.0. The van der Waals surface area contributed by atoms with Gasteiger partial charge in [0.05, 0.1) is 44.1 Å². The Balaban J connectivity index is 1.58. The lowest BCUT2D eigenvalue weighted by atomic mass is 9.97. The molecule has 0 fully saturated rings. The standard InChI is InChI=1S/C33H30N2O4/c1-37-30-19-24(20-31(38-2)32(30)39-3)29-21-26(25-16-10-11-17-27(25)34-29)33(36)35-28(23-14-8-5-9-15-23)18-22-12-6-4-7-13-22/h4-17,19-21,28H,18H2,1-3H3,(H,35,36)/t28-/m0/s1. The molecule has 6 heteroatoms. The van der Waals surface area contributed by atoms with Gasteiger partial charge in [0, 0.05) is 10.9 Å². The molecule has 4 aromatic carbocycles. The summed E-state index contributed by atoms with van der Waals surface area (Å²) in [6, 6.07) is 33.2. The number of fused-ring (bicyclic) bond motifs is 1. The third kappa shape index (κ3) is 5.55. The molecule has 1 amide bonds. The third-order valence-corrected chi connectivity index (χ3v) is 6.71. The number of carbonyl (C=O) groups is 1. The number of methoxy groups -OCH3 is 3. The Labute approximate surface area is 228 Å². The number of pyridine rings is 1. The van der Waals surface area contributed by atoms with Gasteiger partial charge in [-0.25, -0.2) is 4.98 Å². The number of nitrogens with one attached hydrogen (secondary N) is 1. The summed E-state index contributed by atoms with van der Waals surface area (Å²) in [5.41, 5.74) is 4.81. The second-order valence-corrected chi connectivity index (χ2v) is 9.11. The lowest BCUT2D eigenvalue weighted by Gasteiger charge is -2.21. The van der Waals surface area contributed by atoms with Crippen LogP contribution in [0.3, 0.4) is 0 Å². The Hall–Kier alpha value is -4.84. The van der Waals surface area contributed by atoms with Crippen LogP contribution in [-0.2, 0) is 6.42 Å². The van der Waals surface area contributed by atoms with Crippen LogP contribution >= 0.6 is 0 Å². The van der Waals surface area contributed by atoms with Crippen LogP contribution in [0.5, 0.6) is 17.2 Å². The first-order valence-corrected chi connectivity index (χ1v) is 12.7. The van der Waals surface area contributed by atoms with E-state index in [1.165, 1.54) is 0 Å². The van der Waals surface area contributed by atoms with Gasteiger partial charge in [0.1, 0.15) is 0 Å². The van der Waals surface area contributed by atoms with Crippen molar-refractivity contribution in [2.75, 3.05) is 21.3 Å². The monoisotopic (exact) mass is 518 g/mol. The summed E-state index contributed by atoms with van der Waals surface area (Å²) >= 11 is 0. The Morgan fingerprint density at radius 2 is 1.38 bits per heavy atom. The molecular weight excluding hydrogens is 488 g/mol. The largest absolute Gasteiger partial charge is 0.493 e. The Bertz CT molecular complexity index is 1560. The molecule has 1 N–H and O–H groups in total. The zero-order valence-electron chi connectivity index (χ0n) is 22.2. The van der Waals surface area contributed by atoms with Crippen molar-refractivity contribution >= 4 is 16.8 Å². The zero-order valence-corrected chi connectivity index (χ0v) is 22.2. The minimum atomic E-state index is -0.211. The summed E-state index contributed by atoms with van der Waals surface area (Å²) < 4.78 is 16.6. The summed E-state index contributed by atoms with van der Waals surface area (Å²) in [4.78, 5) is 18.8. The maximum Gasteiger partial charge on any atom is 0.252 e. The minimum Gasteiger partial charge on any atom is -0.493 e. The number of hydrogen-bond donors (Lipinski definition) is 1. The van der Waals surface area contributed by atoms with Crippen molar-refractivity contribution in [2.45, 2.75) is 12.5 Å². The van der Waals surface area contributed by atoms with Gasteiger partial charge in [-0.1, -0.05) is 78.9 Å². The van der Waals surface area contributed by atoms with Crippen molar-refractivity contribution in [3.05, 3.63) is 120 Å². The molecule has 0 radical (unpaired) electrons. The van der Waals surface area contributed by atoms with Gasteiger partial charge in [0.25, 0.3) is 5.91 Å². The van der Waals surface area contributed by atoms with E-state index in [-0.39, 0.29) is 11.9 Å². The van der Waals surface area contributed by atoms with Crippen molar-refractivity contribution in [2.24, 2.45) is 0 Å². The van der Waals surface area contributed by atoms with E-state index in [1.807, 2.05) is 91.0 Å². The molecule has 1 aromatic heterocycles. The van der Waals surface area contributed by atoms with Gasteiger partial charge in [-0.3, -0.25) is 4.79 Å². The van der Waals surface area contributed by atoms with Crippen LogP contribution in [0.15, 0.2) is 103 Å². The van der Waals surface area contributed by atoms with Crippen molar-refractivity contribution < 1.29 is 19.0 Å². The summed E-state index contributed by atoms with van der Waals surface area (Å²) in [6.45, 7) is 0. The molecule has 0 aliphatic heterocycles. The number of amides is 1. The van der Waals surface area contributed by atoms with Crippen molar-refractivity contribution in [1.82, 2.24) is 10.3 Å². The van der Waals surface area contributed by atoms with Gasteiger partial charge in [0.15, 0.2) is 11.5 Å². The molecule has 0 unspecified atom stereocenters. The fourth-order valence-corrected chi connectivity index (χ4v) is 4.76. The number of nitrogens with zero attached hydrogens (tertiary/aromatic N) is 1. The molecule has 6 nitrogen and oxygen atoms in total. The van der Waals surface area contributed by atoms with E-state index in [2.05, 4.69) is 17.4 Å². The van der Waals surface area contributed by atoms with Crippen LogP contribution in [0, 0.1) is 0 Å². The van der Waals surface area contributed by atoms with E-state index in [1.54, 1.807) is 21.3 Å². The SMILES string of the molecule is COc1cc(-c2cc(C(=O)N[C@@H](Cc3ccccc3)c3ccccc3)c3ccccc3n2)cc(OC)c1OC. The van der Waals surface area contributed by atoms with Gasteiger partial charge in [-0.2, -0.15) is 0 Å². The van der Waals surface area contributed by atoms with Crippen LogP contribution in [0.4, 0.5) is 0 Å². The van der Waals surface area contributed by atoms with E-state index >= 15 is 0 Å². The second kappa shape index (κ2) is 11.7. The summed E-state index contributed by atoms with van der Waals surface area (Å²) in [6.07, 6.45) is 0.666. The highest BCUT2D eigenvalue weighted by molar-refractivity contribution is 6.07. The zero-order chi connectivity index (χ0) is 27.2. The molecule has 39 heavy (non-hydrogen) atoms. The van der Waals surface area contributed by atoms with Crippen molar-refractivity contribution in [3.63, 3.8) is 0 Å². The molecule has 0 aliphatic carbocycles. The molecule has 0 saturated carbocycles. The molecule has 5 rings (SSSR count). The fourth-order valence-electron chi connectivity index (χ4n) is 4.76. The number of ether oxygens (including phenoxy) is 3. The van der Waals surface area contributed by atoms with E-state index < -0.39 is 0 Å². The minimum absolute atomic E-state index is 0.174. The third-order valence-electron chi connectivity index (χ3n) is 6.71. The molecule has 1 atom stereocenters. The van der Waals surface area contributed by atoms with Gasteiger partial charge in [0.2, 0.25) is 5.75 Å². The lowest BCUT2D eigenvalue weighted by Crippen LogP contribution is -2.30. The number of benzene rings is 4.